The molecule has 102 valence electrons. The van der Waals surface area contributed by atoms with Crippen molar-refractivity contribution >= 4 is 11.7 Å². The number of amides is 1. The maximum atomic E-state index is 12.5. The molecular weight excluding hydrogens is 240 g/mol. The number of anilines is 1. The van der Waals surface area contributed by atoms with Gasteiger partial charge in [-0.3, -0.25) is 4.79 Å². The molecule has 0 fully saturated rings. The number of pyridine rings is 1. The lowest BCUT2D eigenvalue weighted by molar-refractivity contribution is 0.0711. The van der Waals surface area contributed by atoms with E-state index in [1.54, 1.807) is 23.2 Å². The number of hydrogen-bond donors (Lipinski definition) is 1. The number of carbonyl (C=O) groups excluding carboxylic acids is 1. The van der Waals surface area contributed by atoms with E-state index in [1.807, 2.05) is 20.8 Å². The van der Waals surface area contributed by atoms with Crippen LogP contribution in [0.15, 0.2) is 18.3 Å². The van der Waals surface area contributed by atoms with Gasteiger partial charge in [0.25, 0.3) is 5.91 Å². The lowest BCUT2D eigenvalue weighted by atomic mass is 10.2. The number of carbonyl (C=O) groups is 1. The van der Waals surface area contributed by atoms with Crippen LogP contribution in [0.5, 0.6) is 0 Å². The minimum Gasteiger partial charge on any atom is -0.370 e. The van der Waals surface area contributed by atoms with Crippen molar-refractivity contribution in [2.24, 2.45) is 0 Å². The fraction of sp³-hybridized carbons (Fsp3) is 0.500. The lowest BCUT2D eigenvalue weighted by Gasteiger charge is -2.26. The molecule has 0 aliphatic carbocycles. The molecule has 1 aromatic rings. The van der Waals surface area contributed by atoms with Gasteiger partial charge in [-0.15, -0.1) is 0 Å². The molecule has 1 N–H and O–H groups in total. The molecule has 0 aliphatic heterocycles. The second kappa shape index (κ2) is 7.37. The molecule has 0 bridgehead atoms. The van der Waals surface area contributed by atoms with Gasteiger partial charge in [0.15, 0.2) is 0 Å². The zero-order chi connectivity index (χ0) is 14.3. The number of nitriles is 1. The van der Waals surface area contributed by atoms with Crippen LogP contribution in [0.3, 0.4) is 0 Å². The third-order valence-electron chi connectivity index (χ3n) is 2.73. The van der Waals surface area contributed by atoms with Crippen molar-refractivity contribution in [2.45, 2.75) is 33.2 Å². The van der Waals surface area contributed by atoms with Crippen LogP contribution in [0.4, 0.5) is 5.82 Å². The predicted molar refractivity (Wildman–Crippen MR) is 74.8 cm³/mol. The van der Waals surface area contributed by atoms with E-state index in [2.05, 4.69) is 16.4 Å². The highest BCUT2D eigenvalue weighted by Crippen LogP contribution is 2.16. The normalized spacial score (nSPS) is 10.1. The molecule has 1 amide bonds. The zero-order valence-electron chi connectivity index (χ0n) is 11.7. The average Bonchev–Trinajstić information content (AvgIpc) is 2.39. The minimum atomic E-state index is -0.0886. The van der Waals surface area contributed by atoms with Gasteiger partial charge in [-0.25, -0.2) is 4.98 Å². The molecule has 0 radical (unpaired) electrons. The van der Waals surface area contributed by atoms with E-state index in [4.69, 9.17) is 5.26 Å². The van der Waals surface area contributed by atoms with Crippen molar-refractivity contribution in [3.63, 3.8) is 0 Å². The molecule has 0 saturated heterocycles. The predicted octanol–water partition coefficient (Wildman–Crippen LogP) is 2.28. The standard InChI is InChI=1S/C14H20N4O/c1-4-16-13-12(7-5-9-17-13)14(19)18(11(2)3)10-6-8-15/h5,7,9,11H,4,6,10H2,1-3H3,(H,16,17). The molecule has 5 nitrogen and oxygen atoms in total. The summed E-state index contributed by atoms with van der Waals surface area (Å²) < 4.78 is 0. The van der Waals surface area contributed by atoms with Crippen LogP contribution < -0.4 is 5.32 Å². The number of rotatable bonds is 6. The van der Waals surface area contributed by atoms with Crippen LogP contribution in [0.1, 0.15) is 37.6 Å². The van der Waals surface area contributed by atoms with Crippen LogP contribution >= 0.6 is 0 Å². The Morgan fingerprint density at radius 2 is 2.32 bits per heavy atom. The highest BCUT2D eigenvalue weighted by molar-refractivity contribution is 5.98. The molecule has 19 heavy (non-hydrogen) atoms. The summed E-state index contributed by atoms with van der Waals surface area (Å²) in [5.41, 5.74) is 0.552. The average molecular weight is 260 g/mol. The van der Waals surface area contributed by atoms with Crippen LogP contribution in [-0.2, 0) is 0 Å². The summed E-state index contributed by atoms with van der Waals surface area (Å²) in [6, 6.07) is 5.63. The second-order valence-corrected chi connectivity index (χ2v) is 4.43. The van der Waals surface area contributed by atoms with Gasteiger partial charge in [0.2, 0.25) is 0 Å². The van der Waals surface area contributed by atoms with Gasteiger partial charge >= 0.3 is 0 Å². The Kier molecular flexibility index (Phi) is 5.80. The molecule has 1 heterocycles. The van der Waals surface area contributed by atoms with Gasteiger partial charge in [0, 0.05) is 25.3 Å². The molecule has 5 heteroatoms. The van der Waals surface area contributed by atoms with Gasteiger partial charge < -0.3 is 10.2 Å². The Morgan fingerprint density at radius 1 is 1.58 bits per heavy atom. The SMILES string of the molecule is CCNc1ncccc1C(=O)N(CCC#N)C(C)C. The van der Waals surface area contributed by atoms with Crippen molar-refractivity contribution in [2.75, 3.05) is 18.4 Å². The fourth-order valence-corrected chi connectivity index (χ4v) is 1.81. The third kappa shape index (κ3) is 3.95. The Morgan fingerprint density at radius 3 is 2.89 bits per heavy atom. The number of hydrogen-bond acceptors (Lipinski definition) is 4. The molecule has 0 atom stereocenters. The summed E-state index contributed by atoms with van der Waals surface area (Å²) in [5.74, 6) is 0.506. The Labute approximate surface area is 114 Å². The van der Waals surface area contributed by atoms with Gasteiger partial charge in [0.1, 0.15) is 5.82 Å². The Bertz CT molecular complexity index is 465. The van der Waals surface area contributed by atoms with Crippen molar-refractivity contribution < 1.29 is 4.79 Å². The van der Waals surface area contributed by atoms with Crippen molar-refractivity contribution in [3.8, 4) is 6.07 Å². The number of aromatic nitrogens is 1. The first kappa shape index (κ1) is 15.0. The van der Waals surface area contributed by atoms with Gasteiger partial charge in [-0.2, -0.15) is 5.26 Å². The molecule has 0 spiro atoms. The first-order chi connectivity index (χ1) is 9.11. The van der Waals surface area contributed by atoms with Crippen molar-refractivity contribution in [1.29, 1.82) is 5.26 Å². The van der Waals surface area contributed by atoms with E-state index >= 15 is 0 Å². The van der Waals surface area contributed by atoms with Gasteiger partial charge in [-0.05, 0) is 32.9 Å². The topological polar surface area (TPSA) is 69.0 Å². The summed E-state index contributed by atoms with van der Waals surface area (Å²) in [6.07, 6.45) is 1.99. The van der Waals surface area contributed by atoms with E-state index in [-0.39, 0.29) is 11.9 Å². The van der Waals surface area contributed by atoms with Crippen LogP contribution in [0.25, 0.3) is 0 Å². The summed E-state index contributed by atoms with van der Waals surface area (Å²) in [4.78, 5) is 18.4. The van der Waals surface area contributed by atoms with Crippen molar-refractivity contribution in [1.82, 2.24) is 9.88 Å². The summed E-state index contributed by atoms with van der Waals surface area (Å²) in [7, 11) is 0. The number of nitrogens with one attached hydrogen (secondary N) is 1. The monoisotopic (exact) mass is 260 g/mol. The largest absolute Gasteiger partial charge is 0.370 e. The van der Waals surface area contributed by atoms with Gasteiger partial charge in [0.05, 0.1) is 18.1 Å². The molecule has 1 aromatic heterocycles. The lowest BCUT2D eigenvalue weighted by Crippen LogP contribution is -2.38. The molecule has 0 aliphatic rings. The highest BCUT2D eigenvalue weighted by Gasteiger charge is 2.21. The highest BCUT2D eigenvalue weighted by atomic mass is 16.2. The molecule has 0 saturated carbocycles. The van der Waals surface area contributed by atoms with E-state index in [0.717, 1.165) is 0 Å². The minimum absolute atomic E-state index is 0.0514. The van der Waals surface area contributed by atoms with E-state index in [9.17, 15) is 4.79 Å². The maximum absolute atomic E-state index is 12.5. The second-order valence-electron chi connectivity index (χ2n) is 4.43. The summed E-state index contributed by atoms with van der Waals surface area (Å²) in [5, 5.41) is 11.8. The van der Waals surface area contributed by atoms with E-state index < -0.39 is 0 Å². The quantitative estimate of drug-likeness (QED) is 0.852. The van der Waals surface area contributed by atoms with Crippen LogP contribution in [-0.4, -0.2) is 34.9 Å². The maximum Gasteiger partial charge on any atom is 0.257 e. The smallest absolute Gasteiger partial charge is 0.257 e. The summed E-state index contributed by atoms with van der Waals surface area (Å²) >= 11 is 0. The zero-order valence-corrected chi connectivity index (χ0v) is 11.7. The Hall–Kier alpha value is -2.09. The third-order valence-corrected chi connectivity index (χ3v) is 2.73. The number of nitrogens with zero attached hydrogens (tertiary/aromatic N) is 3. The fourth-order valence-electron chi connectivity index (χ4n) is 1.81. The molecule has 0 aromatic carbocycles. The van der Waals surface area contributed by atoms with E-state index in [1.165, 1.54) is 0 Å². The molecule has 0 unspecified atom stereocenters. The van der Waals surface area contributed by atoms with Gasteiger partial charge in [-0.1, -0.05) is 0 Å². The molecule has 1 rings (SSSR count). The van der Waals surface area contributed by atoms with E-state index in [0.29, 0.717) is 30.9 Å². The Balaban J connectivity index is 2.99. The first-order valence-corrected chi connectivity index (χ1v) is 6.48. The molecular formula is C14H20N4O. The summed E-state index contributed by atoms with van der Waals surface area (Å²) in [6.45, 7) is 6.99. The van der Waals surface area contributed by atoms with Crippen molar-refractivity contribution in [3.05, 3.63) is 23.9 Å². The van der Waals surface area contributed by atoms with Crippen LogP contribution in [0, 0.1) is 11.3 Å². The van der Waals surface area contributed by atoms with Crippen LogP contribution in [0.2, 0.25) is 0 Å². The first-order valence-electron chi connectivity index (χ1n) is 6.48.